The number of hydrogen-bond acceptors (Lipinski definition) is 4. The lowest BCUT2D eigenvalue weighted by Crippen LogP contribution is -2.36. The number of hydrogen-bond donors (Lipinski definition) is 1. The van der Waals surface area contributed by atoms with Gasteiger partial charge < -0.3 is 10.1 Å². The lowest BCUT2D eigenvalue weighted by atomic mass is 10.0. The van der Waals surface area contributed by atoms with Crippen molar-refractivity contribution in [3.63, 3.8) is 0 Å². The highest BCUT2D eigenvalue weighted by molar-refractivity contribution is 5.91. The van der Waals surface area contributed by atoms with E-state index in [-0.39, 0.29) is 30.1 Å². The number of esters is 1. The minimum absolute atomic E-state index is 0.0329. The Hall–Kier alpha value is -2.70. The van der Waals surface area contributed by atoms with Gasteiger partial charge in [-0.3, -0.25) is 4.79 Å². The highest BCUT2D eigenvalue weighted by Gasteiger charge is 2.28. The smallest absolute Gasteiger partial charge is 0.359 e. The lowest BCUT2D eigenvalue weighted by molar-refractivity contribution is -0.124. The van der Waals surface area contributed by atoms with Crippen LogP contribution in [-0.2, 0) is 22.4 Å². The standard InChI is InChI=1S/C22H28FN3O3/c1-14(2)7-8-15(3)24-20(27)13-29-22(28)21-18-5-4-6-19(18)26(25-21)17-11-9-16(23)10-12-17/h9-12,14-15H,4-8,13H2,1-3H3,(H,24,27). The zero-order valence-electron chi connectivity index (χ0n) is 17.2. The third-order valence-electron chi connectivity index (χ3n) is 5.11. The van der Waals surface area contributed by atoms with E-state index in [9.17, 15) is 14.0 Å². The van der Waals surface area contributed by atoms with E-state index in [2.05, 4.69) is 24.3 Å². The summed E-state index contributed by atoms with van der Waals surface area (Å²) in [4.78, 5) is 24.6. The molecule has 0 spiro atoms. The summed E-state index contributed by atoms with van der Waals surface area (Å²) in [5, 5.41) is 7.26. The molecule has 1 N–H and O–H groups in total. The van der Waals surface area contributed by atoms with Gasteiger partial charge in [-0.05, 0) is 69.2 Å². The molecule has 1 heterocycles. The molecule has 29 heavy (non-hydrogen) atoms. The highest BCUT2D eigenvalue weighted by Crippen LogP contribution is 2.28. The van der Waals surface area contributed by atoms with Gasteiger partial charge in [-0.15, -0.1) is 0 Å². The summed E-state index contributed by atoms with van der Waals surface area (Å²) in [6.45, 7) is 5.89. The van der Waals surface area contributed by atoms with Gasteiger partial charge in [0.05, 0.1) is 5.69 Å². The zero-order chi connectivity index (χ0) is 21.0. The van der Waals surface area contributed by atoms with Crippen LogP contribution < -0.4 is 5.32 Å². The lowest BCUT2D eigenvalue weighted by Gasteiger charge is -2.15. The molecule has 1 unspecified atom stereocenters. The van der Waals surface area contributed by atoms with E-state index in [1.54, 1.807) is 16.8 Å². The number of fused-ring (bicyclic) bond motifs is 1. The molecular weight excluding hydrogens is 373 g/mol. The van der Waals surface area contributed by atoms with E-state index in [0.29, 0.717) is 11.6 Å². The van der Waals surface area contributed by atoms with Gasteiger partial charge in [0.2, 0.25) is 0 Å². The Morgan fingerprint density at radius 2 is 1.90 bits per heavy atom. The maximum atomic E-state index is 13.2. The van der Waals surface area contributed by atoms with Crippen molar-refractivity contribution in [2.75, 3.05) is 6.61 Å². The van der Waals surface area contributed by atoms with Crippen molar-refractivity contribution in [1.82, 2.24) is 15.1 Å². The maximum absolute atomic E-state index is 13.2. The molecule has 3 rings (SSSR count). The monoisotopic (exact) mass is 401 g/mol. The van der Waals surface area contributed by atoms with Crippen LogP contribution in [-0.4, -0.2) is 34.3 Å². The first-order chi connectivity index (χ1) is 13.8. The first-order valence-corrected chi connectivity index (χ1v) is 10.2. The number of carbonyl (C=O) groups is 2. The van der Waals surface area contributed by atoms with Crippen LogP contribution in [0.5, 0.6) is 0 Å². The summed E-state index contributed by atoms with van der Waals surface area (Å²) < 4.78 is 20.1. The van der Waals surface area contributed by atoms with Crippen molar-refractivity contribution >= 4 is 11.9 Å². The van der Waals surface area contributed by atoms with Crippen LogP contribution in [0.1, 0.15) is 61.8 Å². The molecule has 1 aromatic heterocycles. The predicted octanol–water partition coefficient (Wildman–Crippen LogP) is 3.60. The molecule has 2 aromatic rings. The molecule has 1 aliphatic carbocycles. The summed E-state index contributed by atoms with van der Waals surface area (Å²) in [7, 11) is 0. The van der Waals surface area contributed by atoms with E-state index in [4.69, 9.17) is 4.74 Å². The topological polar surface area (TPSA) is 73.2 Å². The second kappa shape index (κ2) is 9.20. The molecule has 0 saturated heterocycles. The summed E-state index contributed by atoms with van der Waals surface area (Å²) in [5.74, 6) is -0.672. The van der Waals surface area contributed by atoms with Gasteiger partial charge in [-0.2, -0.15) is 5.10 Å². The SMILES string of the molecule is CC(C)CCC(C)NC(=O)COC(=O)c1nn(-c2ccc(F)cc2)c2c1CCC2. The quantitative estimate of drug-likeness (QED) is 0.686. The summed E-state index contributed by atoms with van der Waals surface area (Å²) in [5.41, 5.74) is 2.73. The van der Waals surface area contributed by atoms with E-state index < -0.39 is 5.97 Å². The number of carbonyl (C=O) groups excluding carboxylic acids is 2. The van der Waals surface area contributed by atoms with Crippen LogP contribution in [0.3, 0.4) is 0 Å². The van der Waals surface area contributed by atoms with E-state index in [0.717, 1.165) is 43.4 Å². The minimum atomic E-state index is -0.603. The molecule has 6 nitrogen and oxygen atoms in total. The van der Waals surface area contributed by atoms with Gasteiger partial charge in [0.15, 0.2) is 12.3 Å². The van der Waals surface area contributed by atoms with Crippen molar-refractivity contribution < 1.29 is 18.7 Å². The average molecular weight is 401 g/mol. The van der Waals surface area contributed by atoms with Gasteiger partial charge in [0, 0.05) is 17.3 Å². The van der Waals surface area contributed by atoms with Gasteiger partial charge in [0.1, 0.15) is 5.82 Å². The fourth-order valence-corrected chi connectivity index (χ4v) is 3.57. The zero-order valence-corrected chi connectivity index (χ0v) is 17.2. The largest absolute Gasteiger partial charge is 0.451 e. The van der Waals surface area contributed by atoms with Crippen molar-refractivity contribution in [2.45, 2.75) is 58.9 Å². The Morgan fingerprint density at radius 3 is 2.59 bits per heavy atom. The minimum Gasteiger partial charge on any atom is -0.451 e. The molecule has 0 radical (unpaired) electrons. The number of aromatic nitrogens is 2. The van der Waals surface area contributed by atoms with E-state index in [1.165, 1.54) is 12.1 Å². The van der Waals surface area contributed by atoms with Gasteiger partial charge >= 0.3 is 5.97 Å². The van der Waals surface area contributed by atoms with E-state index in [1.807, 2.05) is 6.92 Å². The second-order valence-electron chi connectivity index (χ2n) is 8.03. The van der Waals surface area contributed by atoms with Crippen LogP contribution in [0.25, 0.3) is 5.69 Å². The fourth-order valence-electron chi connectivity index (χ4n) is 3.57. The number of nitrogens with one attached hydrogen (secondary N) is 1. The number of benzene rings is 1. The van der Waals surface area contributed by atoms with Crippen molar-refractivity contribution in [3.05, 3.63) is 47.0 Å². The second-order valence-corrected chi connectivity index (χ2v) is 8.03. The Balaban J connectivity index is 1.63. The molecule has 1 amide bonds. The van der Waals surface area contributed by atoms with Crippen LogP contribution in [0.15, 0.2) is 24.3 Å². The third kappa shape index (κ3) is 5.22. The Morgan fingerprint density at radius 1 is 1.17 bits per heavy atom. The number of nitrogens with zero attached hydrogens (tertiary/aromatic N) is 2. The predicted molar refractivity (Wildman–Crippen MR) is 108 cm³/mol. The van der Waals surface area contributed by atoms with Crippen molar-refractivity contribution in [3.8, 4) is 5.69 Å². The normalized spacial score (nSPS) is 14.0. The maximum Gasteiger partial charge on any atom is 0.359 e. The molecule has 0 bridgehead atoms. The molecular formula is C22H28FN3O3. The van der Waals surface area contributed by atoms with Gasteiger partial charge in [-0.1, -0.05) is 13.8 Å². The highest BCUT2D eigenvalue weighted by atomic mass is 19.1. The summed E-state index contributed by atoms with van der Waals surface area (Å²) >= 11 is 0. The van der Waals surface area contributed by atoms with Gasteiger partial charge in [0.25, 0.3) is 5.91 Å². The third-order valence-corrected chi connectivity index (χ3v) is 5.11. The van der Waals surface area contributed by atoms with Crippen molar-refractivity contribution in [2.24, 2.45) is 5.92 Å². The molecule has 0 aliphatic heterocycles. The Labute approximate surface area is 170 Å². The van der Waals surface area contributed by atoms with Crippen LogP contribution in [0.4, 0.5) is 4.39 Å². The number of ether oxygens (including phenoxy) is 1. The average Bonchev–Trinajstić information content (AvgIpc) is 3.28. The molecule has 0 fully saturated rings. The van der Waals surface area contributed by atoms with E-state index >= 15 is 0 Å². The Kier molecular flexibility index (Phi) is 6.67. The molecule has 0 saturated carbocycles. The van der Waals surface area contributed by atoms with Crippen LogP contribution in [0.2, 0.25) is 0 Å². The molecule has 7 heteroatoms. The molecule has 1 aromatic carbocycles. The summed E-state index contributed by atoms with van der Waals surface area (Å²) in [6, 6.07) is 6.01. The molecule has 1 atom stereocenters. The fraction of sp³-hybridized carbons (Fsp3) is 0.500. The van der Waals surface area contributed by atoms with Crippen molar-refractivity contribution in [1.29, 1.82) is 0 Å². The Bertz CT molecular complexity index is 874. The first-order valence-electron chi connectivity index (χ1n) is 10.2. The first kappa shape index (κ1) is 21.0. The van der Waals surface area contributed by atoms with Crippen LogP contribution >= 0.6 is 0 Å². The number of rotatable bonds is 8. The summed E-state index contributed by atoms with van der Waals surface area (Å²) in [6.07, 6.45) is 4.35. The number of halogens is 1. The van der Waals surface area contributed by atoms with Crippen LogP contribution in [0, 0.1) is 11.7 Å². The molecule has 156 valence electrons. The number of amides is 1. The van der Waals surface area contributed by atoms with Gasteiger partial charge in [-0.25, -0.2) is 13.9 Å². The molecule has 1 aliphatic rings.